The third kappa shape index (κ3) is 2.96. The van der Waals surface area contributed by atoms with Gasteiger partial charge in [0.25, 0.3) is 5.69 Å². The van der Waals surface area contributed by atoms with E-state index in [1.165, 1.54) is 32.1 Å². The minimum atomic E-state index is -0.350. The highest BCUT2D eigenvalue weighted by atomic mass is 16.6. The fourth-order valence-electron chi connectivity index (χ4n) is 2.39. The molecule has 0 radical (unpaired) electrons. The number of nitrogens with zero attached hydrogens (tertiary/aromatic N) is 1. The predicted molar refractivity (Wildman–Crippen MR) is 68.3 cm³/mol. The molecular formula is C13H18N2O2. The Bertz CT molecular complexity index is 412. The topological polar surface area (TPSA) is 55.2 Å². The Kier molecular flexibility index (Phi) is 3.61. The molecule has 1 aliphatic carbocycles. The second-order valence-corrected chi connectivity index (χ2v) is 4.74. The van der Waals surface area contributed by atoms with E-state index in [0.29, 0.717) is 6.04 Å². The second-order valence-electron chi connectivity index (χ2n) is 4.74. The van der Waals surface area contributed by atoms with Gasteiger partial charge >= 0.3 is 0 Å². The zero-order valence-corrected chi connectivity index (χ0v) is 10.1. The molecule has 0 aliphatic heterocycles. The summed E-state index contributed by atoms with van der Waals surface area (Å²) < 4.78 is 0. The number of non-ortho nitro benzene ring substituents is 1. The molecule has 92 valence electrons. The van der Waals surface area contributed by atoms with Crippen molar-refractivity contribution >= 4 is 11.4 Å². The van der Waals surface area contributed by atoms with Crippen molar-refractivity contribution in [2.24, 2.45) is 0 Å². The zero-order valence-electron chi connectivity index (χ0n) is 10.1. The largest absolute Gasteiger partial charge is 0.382 e. The third-order valence-corrected chi connectivity index (χ3v) is 3.39. The molecule has 0 unspecified atom stereocenters. The molecule has 1 N–H and O–H groups in total. The van der Waals surface area contributed by atoms with Gasteiger partial charge in [0.2, 0.25) is 0 Å². The average Bonchev–Trinajstić information content (AvgIpc) is 2.33. The number of aryl methyl sites for hydroxylation is 1. The molecule has 17 heavy (non-hydrogen) atoms. The van der Waals surface area contributed by atoms with E-state index in [-0.39, 0.29) is 10.6 Å². The Morgan fingerprint density at radius 2 is 2.00 bits per heavy atom. The van der Waals surface area contributed by atoms with Crippen molar-refractivity contribution < 1.29 is 4.92 Å². The SMILES string of the molecule is Cc1cc([N+](=O)[O-])ccc1NC1CCCCC1. The summed E-state index contributed by atoms with van der Waals surface area (Å²) in [5.74, 6) is 0. The number of benzene rings is 1. The summed E-state index contributed by atoms with van der Waals surface area (Å²) in [6, 6.07) is 5.55. The number of hydrogen-bond donors (Lipinski definition) is 1. The maximum atomic E-state index is 10.6. The summed E-state index contributed by atoms with van der Waals surface area (Å²) in [6.45, 7) is 1.91. The minimum Gasteiger partial charge on any atom is -0.382 e. The highest BCUT2D eigenvalue weighted by Crippen LogP contribution is 2.25. The van der Waals surface area contributed by atoms with Gasteiger partial charge in [-0.2, -0.15) is 0 Å². The first-order chi connectivity index (χ1) is 8.16. The molecule has 1 aromatic carbocycles. The molecule has 4 nitrogen and oxygen atoms in total. The van der Waals surface area contributed by atoms with Gasteiger partial charge < -0.3 is 5.32 Å². The smallest absolute Gasteiger partial charge is 0.269 e. The summed E-state index contributed by atoms with van der Waals surface area (Å²) in [4.78, 5) is 10.3. The fourth-order valence-corrected chi connectivity index (χ4v) is 2.39. The molecular weight excluding hydrogens is 216 g/mol. The van der Waals surface area contributed by atoms with Crippen LogP contribution in [-0.4, -0.2) is 11.0 Å². The summed E-state index contributed by atoms with van der Waals surface area (Å²) in [5, 5.41) is 14.1. The second kappa shape index (κ2) is 5.17. The molecule has 1 aromatic rings. The van der Waals surface area contributed by atoms with Crippen LogP contribution in [0.2, 0.25) is 0 Å². The van der Waals surface area contributed by atoms with Crippen LogP contribution in [0, 0.1) is 17.0 Å². The van der Waals surface area contributed by atoms with Crippen molar-refractivity contribution in [2.45, 2.75) is 45.1 Å². The van der Waals surface area contributed by atoms with Gasteiger partial charge in [-0.3, -0.25) is 10.1 Å². The normalized spacial score (nSPS) is 16.8. The molecule has 1 fully saturated rings. The van der Waals surface area contributed by atoms with Crippen LogP contribution in [0.1, 0.15) is 37.7 Å². The van der Waals surface area contributed by atoms with Crippen molar-refractivity contribution in [3.05, 3.63) is 33.9 Å². The third-order valence-electron chi connectivity index (χ3n) is 3.39. The molecule has 2 rings (SSSR count). The minimum absolute atomic E-state index is 0.164. The molecule has 0 bridgehead atoms. The number of anilines is 1. The fraction of sp³-hybridized carbons (Fsp3) is 0.538. The van der Waals surface area contributed by atoms with Gasteiger partial charge in [-0.15, -0.1) is 0 Å². The van der Waals surface area contributed by atoms with E-state index in [1.807, 2.05) is 13.0 Å². The lowest BCUT2D eigenvalue weighted by molar-refractivity contribution is -0.384. The molecule has 0 amide bonds. The van der Waals surface area contributed by atoms with Crippen molar-refractivity contribution in [3.8, 4) is 0 Å². The lowest BCUT2D eigenvalue weighted by atomic mass is 9.95. The number of nitro benzene ring substituents is 1. The summed E-state index contributed by atoms with van der Waals surface area (Å²) in [7, 11) is 0. The van der Waals surface area contributed by atoms with Gasteiger partial charge in [0, 0.05) is 23.9 Å². The van der Waals surface area contributed by atoms with Gasteiger partial charge in [-0.1, -0.05) is 19.3 Å². The van der Waals surface area contributed by atoms with Crippen LogP contribution in [-0.2, 0) is 0 Å². The van der Waals surface area contributed by atoms with Gasteiger partial charge in [-0.25, -0.2) is 0 Å². The molecule has 0 aromatic heterocycles. The van der Waals surface area contributed by atoms with Crippen LogP contribution in [0.4, 0.5) is 11.4 Å². The lowest BCUT2D eigenvalue weighted by Gasteiger charge is -2.24. The standard InChI is InChI=1S/C13H18N2O2/c1-10-9-12(15(16)17)7-8-13(10)14-11-5-3-2-4-6-11/h7-9,11,14H,2-6H2,1H3. The first kappa shape index (κ1) is 11.9. The number of hydrogen-bond acceptors (Lipinski definition) is 3. The maximum Gasteiger partial charge on any atom is 0.269 e. The predicted octanol–water partition coefficient (Wildman–Crippen LogP) is 3.65. The van der Waals surface area contributed by atoms with Crippen LogP contribution in [0.15, 0.2) is 18.2 Å². The van der Waals surface area contributed by atoms with Crippen molar-refractivity contribution in [2.75, 3.05) is 5.32 Å². The maximum absolute atomic E-state index is 10.6. The van der Waals surface area contributed by atoms with Crippen LogP contribution in [0.5, 0.6) is 0 Å². The molecule has 4 heteroatoms. The Labute approximate surface area is 101 Å². The van der Waals surface area contributed by atoms with E-state index >= 15 is 0 Å². The molecule has 0 saturated heterocycles. The first-order valence-corrected chi connectivity index (χ1v) is 6.18. The summed E-state index contributed by atoms with van der Waals surface area (Å²) >= 11 is 0. The van der Waals surface area contributed by atoms with Gasteiger partial charge in [0.15, 0.2) is 0 Å². The van der Waals surface area contributed by atoms with E-state index in [4.69, 9.17) is 0 Å². The van der Waals surface area contributed by atoms with E-state index in [0.717, 1.165) is 11.3 Å². The van der Waals surface area contributed by atoms with Crippen LogP contribution in [0.3, 0.4) is 0 Å². The van der Waals surface area contributed by atoms with Crippen LogP contribution < -0.4 is 5.32 Å². The quantitative estimate of drug-likeness (QED) is 0.641. The highest BCUT2D eigenvalue weighted by Gasteiger charge is 2.15. The molecule has 0 heterocycles. The van der Waals surface area contributed by atoms with Crippen molar-refractivity contribution in [1.82, 2.24) is 0 Å². The summed E-state index contributed by atoms with van der Waals surface area (Å²) in [6.07, 6.45) is 6.30. The number of nitro groups is 1. The number of rotatable bonds is 3. The van der Waals surface area contributed by atoms with E-state index in [1.54, 1.807) is 12.1 Å². The van der Waals surface area contributed by atoms with Crippen LogP contribution >= 0.6 is 0 Å². The summed E-state index contributed by atoms with van der Waals surface area (Å²) in [5.41, 5.74) is 2.14. The van der Waals surface area contributed by atoms with Crippen molar-refractivity contribution in [1.29, 1.82) is 0 Å². The molecule has 0 atom stereocenters. The van der Waals surface area contributed by atoms with E-state index < -0.39 is 0 Å². The monoisotopic (exact) mass is 234 g/mol. The van der Waals surface area contributed by atoms with E-state index in [2.05, 4.69) is 5.32 Å². The average molecular weight is 234 g/mol. The van der Waals surface area contributed by atoms with Crippen LogP contribution in [0.25, 0.3) is 0 Å². The van der Waals surface area contributed by atoms with Gasteiger partial charge in [-0.05, 0) is 31.4 Å². The highest BCUT2D eigenvalue weighted by molar-refractivity contribution is 5.55. The lowest BCUT2D eigenvalue weighted by Crippen LogP contribution is -2.22. The van der Waals surface area contributed by atoms with E-state index in [9.17, 15) is 10.1 Å². The van der Waals surface area contributed by atoms with Gasteiger partial charge in [0.05, 0.1) is 4.92 Å². The Balaban J connectivity index is 2.08. The molecule has 1 aliphatic rings. The van der Waals surface area contributed by atoms with Gasteiger partial charge in [0.1, 0.15) is 0 Å². The zero-order chi connectivity index (χ0) is 12.3. The first-order valence-electron chi connectivity index (χ1n) is 6.18. The molecule has 0 spiro atoms. The van der Waals surface area contributed by atoms with Crippen molar-refractivity contribution in [3.63, 3.8) is 0 Å². The Morgan fingerprint density at radius 3 is 2.59 bits per heavy atom. The Morgan fingerprint density at radius 1 is 1.29 bits per heavy atom. The Hall–Kier alpha value is -1.58. The molecule has 1 saturated carbocycles. The number of nitrogens with one attached hydrogen (secondary N) is 1.